The lowest BCUT2D eigenvalue weighted by molar-refractivity contribution is 0.417. The summed E-state index contributed by atoms with van der Waals surface area (Å²) >= 11 is 12.2. The summed E-state index contributed by atoms with van der Waals surface area (Å²) in [4.78, 5) is 0. The Hall–Kier alpha value is -1.38. The van der Waals surface area contributed by atoms with E-state index in [9.17, 15) is 0 Å². The molecule has 0 spiro atoms. The van der Waals surface area contributed by atoms with Crippen LogP contribution in [0.25, 0.3) is 0 Å². The number of rotatable bonds is 3. The number of para-hydroxylation sites is 3. The topological polar surface area (TPSA) is 21.3 Å². The van der Waals surface area contributed by atoms with Crippen LogP contribution in [0.3, 0.4) is 0 Å². The number of methoxy groups -OCH3 is 1. The first-order chi connectivity index (χ1) is 8.22. The smallest absolute Gasteiger partial charge is 0.142 e. The van der Waals surface area contributed by atoms with Crippen molar-refractivity contribution >= 4 is 34.6 Å². The Kier molecular flexibility index (Phi) is 3.77. The number of hydrogen-bond donors (Lipinski definition) is 1. The minimum Gasteiger partial charge on any atom is -0.495 e. The van der Waals surface area contributed by atoms with E-state index in [-0.39, 0.29) is 0 Å². The molecule has 1 N–H and O–H groups in total. The molecule has 0 aliphatic heterocycles. The maximum absolute atomic E-state index is 6.09. The van der Waals surface area contributed by atoms with Crippen molar-refractivity contribution in [3.63, 3.8) is 0 Å². The van der Waals surface area contributed by atoms with Gasteiger partial charge in [-0.15, -0.1) is 0 Å². The van der Waals surface area contributed by atoms with Crippen LogP contribution in [-0.2, 0) is 0 Å². The van der Waals surface area contributed by atoms with Gasteiger partial charge in [0.2, 0.25) is 0 Å². The summed E-state index contributed by atoms with van der Waals surface area (Å²) in [7, 11) is 1.62. The zero-order valence-electron chi connectivity index (χ0n) is 9.21. The Balaban J connectivity index is 2.38. The predicted octanol–water partition coefficient (Wildman–Crippen LogP) is 4.75. The standard InChI is InChI=1S/C13H11Cl2NO/c1-17-12-8-3-2-7-11(12)16-13-9(14)5-4-6-10(13)15/h2-8,16H,1H3. The second kappa shape index (κ2) is 5.30. The predicted molar refractivity (Wildman–Crippen MR) is 72.7 cm³/mol. The Morgan fingerprint density at radius 3 is 2.24 bits per heavy atom. The van der Waals surface area contributed by atoms with Gasteiger partial charge in [-0.3, -0.25) is 0 Å². The molecule has 0 saturated carbocycles. The van der Waals surface area contributed by atoms with Crippen LogP contribution >= 0.6 is 23.2 Å². The van der Waals surface area contributed by atoms with Gasteiger partial charge in [-0.2, -0.15) is 0 Å². The van der Waals surface area contributed by atoms with Crippen molar-refractivity contribution in [1.82, 2.24) is 0 Å². The number of halogens is 2. The monoisotopic (exact) mass is 267 g/mol. The second-order valence-corrected chi connectivity index (χ2v) is 4.24. The van der Waals surface area contributed by atoms with Crippen molar-refractivity contribution in [2.24, 2.45) is 0 Å². The molecule has 0 fully saturated rings. The molecule has 0 aliphatic carbocycles. The third-order valence-electron chi connectivity index (χ3n) is 2.33. The van der Waals surface area contributed by atoms with Crippen LogP contribution < -0.4 is 10.1 Å². The molecule has 0 saturated heterocycles. The molecule has 2 nitrogen and oxygen atoms in total. The Labute approximate surface area is 110 Å². The van der Waals surface area contributed by atoms with Gasteiger partial charge in [0.05, 0.1) is 28.5 Å². The van der Waals surface area contributed by atoms with Gasteiger partial charge < -0.3 is 10.1 Å². The molecule has 17 heavy (non-hydrogen) atoms. The van der Waals surface area contributed by atoms with Gasteiger partial charge in [-0.05, 0) is 24.3 Å². The Morgan fingerprint density at radius 2 is 1.59 bits per heavy atom. The molecule has 0 unspecified atom stereocenters. The molecule has 2 rings (SSSR count). The lowest BCUT2D eigenvalue weighted by Crippen LogP contribution is -1.95. The van der Waals surface area contributed by atoms with E-state index in [0.29, 0.717) is 15.7 Å². The SMILES string of the molecule is COc1ccccc1Nc1c(Cl)cccc1Cl. The molecule has 0 aliphatic rings. The lowest BCUT2D eigenvalue weighted by atomic mass is 10.2. The average molecular weight is 268 g/mol. The first-order valence-corrected chi connectivity index (χ1v) is 5.82. The highest BCUT2D eigenvalue weighted by molar-refractivity contribution is 6.39. The molecule has 88 valence electrons. The van der Waals surface area contributed by atoms with Gasteiger partial charge in [-0.1, -0.05) is 41.4 Å². The lowest BCUT2D eigenvalue weighted by Gasteiger charge is -2.13. The Morgan fingerprint density at radius 1 is 0.941 bits per heavy atom. The highest BCUT2D eigenvalue weighted by Gasteiger charge is 2.08. The zero-order chi connectivity index (χ0) is 12.3. The quantitative estimate of drug-likeness (QED) is 0.867. The maximum atomic E-state index is 6.09. The summed E-state index contributed by atoms with van der Waals surface area (Å²) in [5.41, 5.74) is 1.50. The summed E-state index contributed by atoms with van der Waals surface area (Å²) in [6, 6.07) is 13.0. The first kappa shape index (κ1) is 12.1. The van der Waals surface area contributed by atoms with Crippen LogP contribution in [-0.4, -0.2) is 7.11 Å². The normalized spacial score (nSPS) is 10.1. The average Bonchev–Trinajstić information content (AvgIpc) is 2.34. The van der Waals surface area contributed by atoms with Crippen molar-refractivity contribution < 1.29 is 4.74 Å². The number of ether oxygens (including phenoxy) is 1. The number of anilines is 2. The third kappa shape index (κ3) is 2.65. The van der Waals surface area contributed by atoms with E-state index in [1.54, 1.807) is 25.3 Å². The Bertz CT molecular complexity index is 508. The van der Waals surface area contributed by atoms with Gasteiger partial charge >= 0.3 is 0 Å². The van der Waals surface area contributed by atoms with Crippen molar-refractivity contribution in [3.8, 4) is 5.75 Å². The largest absolute Gasteiger partial charge is 0.495 e. The number of benzene rings is 2. The van der Waals surface area contributed by atoms with Gasteiger partial charge in [0.15, 0.2) is 0 Å². The fourth-order valence-corrected chi connectivity index (χ4v) is 1.99. The van der Waals surface area contributed by atoms with E-state index < -0.39 is 0 Å². The van der Waals surface area contributed by atoms with E-state index in [1.807, 2.05) is 24.3 Å². The van der Waals surface area contributed by atoms with Gasteiger partial charge in [0.25, 0.3) is 0 Å². The van der Waals surface area contributed by atoms with Crippen LogP contribution in [0.15, 0.2) is 42.5 Å². The number of nitrogens with one attached hydrogen (secondary N) is 1. The minimum atomic E-state index is 0.573. The van der Waals surface area contributed by atoms with Crippen molar-refractivity contribution in [2.75, 3.05) is 12.4 Å². The molecule has 2 aromatic rings. The van der Waals surface area contributed by atoms with Gasteiger partial charge in [-0.25, -0.2) is 0 Å². The fourth-order valence-electron chi connectivity index (χ4n) is 1.50. The first-order valence-electron chi connectivity index (χ1n) is 5.06. The van der Waals surface area contributed by atoms with E-state index in [1.165, 1.54) is 0 Å². The van der Waals surface area contributed by atoms with E-state index in [2.05, 4.69) is 5.32 Å². The summed E-state index contributed by atoms with van der Waals surface area (Å²) in [6.07, 6.45) is 0. The summed E-state index contributed by atoms with van der Waals surface area (Å²) in [5, 5.41) is 4.32. The zero-order valence-corrected chi connectivity index (χ0v) is 10.7. The second-order valence-electron chi connectivity index (χ2n) is 3.42. The number of hydrogen-bond acceptors (Lipinski definition) is 2. The minimum absolute atomic E-state index is 0.573. The third-order valence-corrected chi connectivity index (χ3v) is 2.96. The highest BCUT2D eigenvalue weighted by atomic mass is 35.5. The van der Waals surface area contributed by atoms with E-state index in [4.69, 9.17) is 27.9 Å². The van der Waals surface area contributed by atoms with Gasteiger partial charge in [0, 0.05) is 0 Å². The summed E-state index contributed by atoms with van der Waals surface area (Å²) in [5.74, 6) is 0.739. The molecule has 0 atom stereocenters. The molecule has 0 amide bonds. The van der Waals surface area contributed by atoms with Crippen molar-refractivity contribution in [2.45, 2.75) is 0 Å². The van der Waals surface area contributed by atoms with E-state index >= 15 is 0 Å². The van der Waals surface area contributed by atoms with Crippen molar-refractivity contribution in [3.05, 3.63) is 52.5 Å². The molecule has 0 bridgehead atoms. The maximum Gasteiger partial charge on any atom is 0.142 e. The molecular formula is C13H11Cl2NO. The molecule has 0 heterocycles. The molecule has 0 aromatic heterocycles. The molecule has 2 aromatic carbocycles. The van der Waals surface area contributed by atoms with Crippen LogP contribution in [0.2, 0.25) is 10.0 Å². The molecule has 0 radical (unpaired) electrons. The van der Waals surface area contributed by atoms with Crippen LogP contribution in [0.1, 0.15) is 0 Å². The van der Waals surface area contributed by atoms with Crippen LogP contribution in [0.4, 0.5) is 11.4 Å². The molecular weight excluding hydrogens is 257 g/mol. The van der Waals surface area contributed by atoms with Crippen LogP contribution in [0, 0.1) is 0 Å². The van der Waals surface area contributed by atoms with Gasteiger partial charge in [0.1, 0.15) is 5.75 Å². The van der Waals surface area contributed by atoms with E-state index in [0.717, 1.165) is 11.4 Å². The van der Waals surface area contributed by atoms with Crippen molar-refractivity contribution in [1.29, 1.82) is 0 Å². The highest BCUT2D eigenvalue weighted by Crippen LogP contribution is 2.35. The summed E-state index contributed by atoms with van der Waals surface area (Å²) < 4.78 is 5.25. The molecule has 4 heteroatoms. The fraction of sp³-hybridized carbons (Fsp3) is 0.0769. The summed E-state index contributed by atoms with van der Waals surface area (Å²) in [6.45, 7) is 0. The van der Waals surface area contributed by atoms with Crippen LogP contribution in [0.5, 0.6) is 5.75 Å².